The normalized spacial score (nSPS) is 11.1. The van der Waals surface area contributed by atoms with Gasteiger partial charge in [-0.2, -0.15) is 0 Å². The van der Waals surface area contributed by atoms with E-state index in [1.165, 1.54) is 57.3 Å². The van der Waals surface area contributed by atoms with Crippen molar-refractivity contribution in [3.05, 3.63) is 23.8 Å². The Balaban J connectivity index is 2.41. The van der Waals surface area contributed by atoms with E-state index >= 15 is 0 Å². The first-order valence-electron chi connectivity index (χ1n) is 8.94. The lowest BCUT2D eigenvalue weighted by Crippen LogP contribution is -2.27. The highest BCUT2D eigenvalue weighted by Crippen LogP contribution is 2.23. The van der Waals surface area contributed by atoms with Gasteiger partial charge in [-0.25, -0.2) is 0 Å². The second-order valence-corrected chi connectivity index (χ2v) is 5.96. The molecule has 1 aromatic carbocycles. The van der Waals surface area contributed by atoms with Gasteiger partial charge in [0, 0.05) is 0 Å². The van der Waals surface area contributed by atoms with Crippen LogP contribution in [-0.4, -0.2) is 31.1 Å². The summed E-state index contributed by atoms with van der Waals surface area (Å²) >= 11 is 0. The zero-order chi connectivity index (χ0) is 16.2. The number of nitrogens with two attached hydrogens (primary N) is 1. The summed E-state index contributed by atoms with van der Waals surface area (Å²) < 4.78 is 5.49. The number of unbranched alkanes of at least 4 members (excludes halogenated alkanes) is 2. The van der Waals surface area contributed by atoms with Crippen molar-refractivity contribution in [1.29, 1.82) is 0 Å². The van der Waals surface area contributed by atoms with Crippen molar-refractivity contribution in [2.45, 2.75) is 59.3 Å². The van der Waals surface area contributed by atoms with Crippen LogP contribution in [-0.2, 0) is 6.42 Å². The lowest BCUT2D eigenvalue weighted by molar-refractivity contribution is 0.262. The molecule has 0 heterocycles. The molecular formula is C19H34N2O. The maximum absolute atomic E-state index is 6.03. The van der Waals surface area contributed by atoms with E-state index in [2.05, 4.69) is 30.9 Å². The van der Waals surface area contributed by atoms with Crippen LogP contribution >= 0.6 is 0 Å². The number of ether oxygens (including phenoxy) is 1. The molecule has 0 aromatic heterocycles. The number of hydrogen-bond acceptors (Lipinski definition) is 3. The summed E-state index contributed by atoms with van der Waals surface area (Å²) in [5.74, 6) is 0.804. The van der Waals surface area contributed by atoms with Crippen LogP contribution < -0.4 is 10.5 Å². The first-order chi connectivity index (χ1) is 10.7. The van der Waals surface area contributed by atoms with E-state index < -0.39 is 0 Å². The van der Waals surface area contributed by atoms with Crippen LogP contribution in [0.1, 0.15) is 58.4 Å². The molecule has 0 saturated heterocycles. The topological polar surface area (TPSA) is 38.5 Å². The molecule has 1 rings (SSSR count). The minimum absolute atomic E-state index is 0.660. The van der Waals surface area contributed by atoms with Crippen LogP contribution in [0.5, 0.6) is 5.75 Å². The summed E-state index contributed by atoms with van der Waals surface area (Å²) in [6.45, 7) is 10.8. The number of anilines is 1. The van der Waals surface area contributed by atoms with Crippen molar-refractivity contribution < 1.29 is 4.74 Å². The van der Waals surface area contributed by atoms with E-state index in [1.807, 2.05) is 13.0 Å². The average molecular weight is 306 g/mol. The van der Waals surface area contributed by atoms with Crippen molar-refractivity contribution in [2.75, 3.05) is 32.0 Å². The Bertz CT molecular complexity index is 398. The van der Waals surface area contributed by atoms with Crippen molar-refractivity contribution in [3.8, 4) is 5.75 Å². The second kappa shape index (κ2) is 11.4. The average Bonchev–Trinajstić information content (AvgIpc) is 2.52. The van der Waals surface area contributed by atoms with Gasteiger partial charge < -0.3 is 15.4 Å². The Morgan fingerprint density at radius 2 is 1.59 bits per heavy atom. The fourth-order valence-electron chi connectivity index (χ4n) is 2.65. The third-order valence-corrected chi connectivity index (χ3v) is 3.97. The Morgan fingerprint density at radius 1 is 0.955 bits per heavy atom. The molecule has 0 aliphatic carbocycles. The summed E-state index contributed by atoms with van der Waals surface area (Å²) in [6, 6.07) is 6.21. The van der Waals surface area contributed by atoms with Gasteiger partial charge in [0.15, 0.2) is 0 Å². The molecule has 3 heteroatoms. The number of nitrogens with zero attached hydrogens (tertiary/aromatic N) is 1. The molecule has 0 radical (unpaired) electrons. The lowest BCUT2D eigenvalue weighted by Gasteiger charge is -2.22. The molecule has 1 aromatic rings. The first kappa shape index (κ1) is 18.8. The summed E-state index contributed by atoms with van der Waals surface area (Å²) in [5, 5.41) is 0. The fraction of sp³-hybridized carbons (Fsp3) is 0.684. The van der Waals surface area contributed by atoms with E-state index in [4.69, 9.17) is 10.5 Å². The fourth-order valence-corrected chi connectivity index (χ4v) is 2.65. The molecule has 3 nitrogen and oxygen atoms in total. The van der Waals surface area contributed by atoms with Gasteiger partial charge in [-0.15, -0.1) is 0 Å². The van der Waals surface area contributed by atoms with Crippen LogP contribution in [0.25, 0.3) is 0 Å². The van der Waals surface area contributed by atoms with Crippen LogP contribution in [0.4, 0.5) is 5.69 Å². The van der Waals surface area contributed by atoms with Gasteiger partial charge in [0.25, 0.3) is 0 Å². The lowest BCUT2D eigenvalue weighted by atomic mass is 10.1. The number of nitrogen functional groups attached to an aromatic ring is 1. The van der Waals surface area contributed by atoms with Gasteiger partial charge in [-0.3, -0.25) is 0 Å². The highest BCUT2D eigenvalue weighted by atomic mass is 16.5. The Kier molecular flexibility index (Phi) is 9.72. The SMILES string of the molecule is CCCCN(CCCC)CCCc1ccc(OCC)c(N)c1. The van der Waals surface area contributed by atoms with E-state index in [9.17, 15) is 0 Å². The molecule has 0 aliphatic rings. The highest BCUT2D eigenvalue weighted by Gasteiger charge is 2.05. The molecule has 0 bridgehead atoms. The van der Waals surface area contributed by atoms with Crippen LogP contribution in [0, 0.1) is 0 Å². The summed E-state index contributed by atoms with van der Waals surface area (Å²) in [5.41, 5.74) is 8.10. The van der Waals surface area contributed by atoms with Crippen molar-refractivity contribution >= 4 is 5.69 Å². The van der Waals surface area contributed by atoms with Gasteiger partial charge in [0.05, 0.1) is 12.3 Å². The van der Waals surface area contributed by atoms with E-state index in [0.29, 0.717) is 6.61 Å². The largest absolute Gasteiger partial charge is 0.492 e. The maximum atomic E-state index is 6.03. The minimum atomic E-state index is 0.660. The smallest absolute Gasteiger partial charge is 0.142 e. The van der Waals surface area contributed by atoms with E-state index in [1.54, 1.807) is 0 Å². The molecule has 0 spiro atoms. The predicted molar refractivity (Wildman–Crippen MR) is 96.6 cm³/mol. The van der Waals surface area contributed by atoms with Gasteiger partial charge in [0.2, 0.25) is 0 Å². The molecular weight excluding hydrogens is 272 g/mol. The predicted octanol–water partition coefficient (Wildman–Crippen LogP) is 4.50. The minimum Gasteiger partial charge on any atom is -0.492 e. The van der Waals surface area contributed by atoms with Crippen LogP contribution in [0.2, 0.25) is 0 Å². The van der Waals surface area contributed by atoms with E-state index in [-0.39, 0.29) is 0 Å². The Hall–Kier alpha value is -1.22. The molecule has 0 aliphatic heterocycles. The quantitative estimate of drug-likeness (QED) is 0.578. The van der Waals surface area contributed by atoms with Crippen LogP contribution in [0.3, 0.4) is 0 Å². The van der Waals surface area contributed by atoms with E-state index in [0.717, 1.165) is 17.9 Å². The highest BCUT2D eigenvalue weighted by molar-refractivity contribution is 5.54. The van der Waals surface area contributed by atoms with Gasteiger partial charge in [0.1, 0.15) is 5.75 Å². The van der Waals surface area contributed by atoms with Gasteiger partial charge in [-0.1, -0.05) is 32.8 Å². The molecule has 0 fully saturated rings. The number of rotatable bonds is 12. The third-order valence-electron chi connectivity index (χ3n) is 3.97. The molecule has 22 heavy (non-hydrogen) atoms. The third kappa shape index (κ3) is 7.17. The van der Waals surface area contributed by atoms with Crippen LogP contribution in [0.15, 0.2) is 18.2 Å². The Labute approximate surface area is 136 Å². The molecule has 0 atom stereocenters. The standard InChI is InChI=1S/C19H34N2O/c1-4-7-13-21(14-8-5-2)15-9-10-17-11-12-19(22-6-3)18(20)16-17/h11-12,16H,4-10,13-15,20H2,1-3H3. The van der Waals surface area contributed by atoms with Crippen molar-refractivity contribution in [2.24, 2.45) is 0 Å². The second-order valence-electron chi connectivity index (χ2n) is 5.96. The summed E-state index contributed by atoms with van der Waals surface area (Å²) in [7, 11) is 0. The number of benzene rings is 1. The molecule has 0 saturated carbocycles. The van der Waals surface area contributed by atoms with Crippen molar-refractivity contribution in [1.82, 2.24) is 4.90 Å². The van der Waals surface area contributed by atoms with Gasteiger partial charge in [-0.05, 0) is 69.9 Å². The molecule has 0 amide bonds. The van der Waals surface area contributed by atoms with Crippen molar-refractivity contribution in [3.63, 3.8) is 0 Å². The maximum Gasteiger partial charge on any atom is 0.142 e. The number of aryl methyl sites for hydroxylation is 1. The molecule has 0 unspecified atom stereocenters. The zero-order valence-electron chi connectivity index (χ0n) is 14.7. The molecule has 2 N–H and O–H groups in total. The monoisotopic (exact) mass is 306 g/mol. The summed E-state index contributed by atoms with van der Waals surface area (Å²) in [6.07, 6.45) is 7.45. The molecule has 126 valence electrons. The zero-order valence-corrected chi connectivity index (χ0v) is 14.7. The summed E-state index contributed by atoms with van der Waals surface area (Å²) in [4.78, 5) is 2.62. The first-order valence-corrected chi connectivity index (χ1v) is 8.94. The number of hydrogen-bond donors (Lipinski definition) is 1. The Morgan fingerprint density at radius 3 is 2.14 bits per heavy atom. The van der Waals surface area contributed by atoms with Gasteiger partial charge >= 0.3 is 0 Å².